The number of benzene rings is 1. The van der Waals surface area contributed by atoms with Crippen molar-refractivity contribution in [1.29, 1.82) is 5.26 Å². The molecule has 0 fully saturated rings. The summed E-state index contributed by atoms with van der Waals surface area (Å²) in [5, 5.41) is 17.3. The first-order chi connectivity index (χ1) is 7.85. The lowest BCUT2D eigenvalue weighted by Crippen LogP contribution is -1.86. The van der Waals surface area contributed by atoms with Crippen molar-refractivity contribution < 1.29 is 0 Å². The molecule has 1 heterocycles. The Balaban J connectivity index is 2.28. The molecule has 0 atom stereocenters. The molecule has 82 valence electrons. The molecular weight excluding hydrogens is 198 g/mol. The molecule has 3 nitrogen and oxygen atoms in total. The summed E-state index contributed by atoms with van der Waals surface area (Å²) in [5.74, 6) is 0. The van der Waals surface area contributed by atoms with E-state index >= 15 is 0 Å². The summed E-state index contributed by atoms with van der Waals surface area (Å²) in [6.07, 6.45) is 4.64. The summed E-state index contributed by atoms with van der Waals surface area (Å²) in [5.41, 5.74) is 2.80. The summed E-state index contributed by atoms with van der Waals surface area (Å²) in [6, 6.07) is 7.78. The van der Waals surface area contributed by atoms with Crippen LogP contribution in [0.1, 0.15) is 37.4 Å². The van der Waals surface area contributed by atoms with Gasteiger partial charge in [0.2, 0.25) is 0 Å². The van der Waals surface area contributed by atoms with Crippen LogP contribution in [0, 0.1) is 11.3 Å². The molecule has 0 saturated heterocycles. The van der Waals surface area contributed by atoms with Crippen molar-refractivity contribution >= 4 is 10.9 Å². The van der Waals surface area contributed by atoms with E-state index in [2.05, 4.69) is 23.2 Å². The zero-order valence-electron chi connectivity index (χ0n) is 9.45. The van der Waals surface area contributed by atoms with Crippen LogP contribution in [0.4, 0.5) is 0 Å². The Morgan fingerprint density at radius 2 is 2.25 bits per heavy atom. The normalized spacial score (nSPS) is 10.5. The van der Waals surface area contributed by atoms with Gasteiger partial charge >= 0.3 is 0 Å². The third-order valence-electron chi connectivity index (χ3n) is 2.79. The minimum atomic E-state index is 0.700. The Labute approximate surface area is 95.1 Å². The smallest absolute Gasteiger partial charge is 0.0991 e. The van der Waals surface area contributed by atoms with Gasteiger partial charge < -0.3 is 0 Å². The summed E-state index contributed by atoms with van der Waals surface area (Å²) in [7, 11) is 0. The van der Waals surface area contributed by atoms with Crippen LogP contribution in [-0.2, 0) is 6.42 Å². The quantitative estimate of drug-likeness (QED) is 0.793. The lowest BCUT2D eigenvalue weighted by atomic mass is 10.1. The van der Waals surface area contributed by atoms with Crippen molar-refractivity contribution in [2.24, 2.45) is 0 Å². The molecule has 2 rings (SSSR count). The molecule has 16 heavy (non-hydrogen) atoms. The maximum atomic E-state index is 8.86. The van der Waals surface area contributed by atoms with Crippen LogP contribution < -0.4 is 0 Å². The zero-order chi connectivity index (χ0) is 11.4. The molecule has 1 aromatic heterocycles. The van der Waals surface area contributed by atoms with E-state index in [0.29, 0.717) is 5.56 Å². The third kappa shape index (κ3) is 2.06. The van der Waals surface area contributed by atoms with Crippen LogP contribution in [0.2, 0.25) is 0 Å². The number of fused-ring (bicyclic) bond motifs is 1. The number of nitriles is 1. The van der Waals surface area contributed by atoms with Gasteiger partial charge in [-0.3, -0.25) is 5.10 Å². The minimum Gasteiger partial charge on any atom is -0.281 e. The van der Waals surface area contributed by atoms with Gasteiger partial charge in [0.1, 0.15) is 0 Å². The molecule has 1 N–H and O–H groups in total. The Morgan fingerprint density at radius 3 is 3.00 bits per heavy atom. The van der Waals surface area contributed by atoms with Gasteiger partial charge in [-0.15, -0.1) is 0 Å². The highest BCUT2D eigenvalue weighted by atomic mass is 15.1. The highest BCUT2D eigenvalue weighted by molar-refractivity contribution is 5.82. The molecule has 0 aliphatic rings. The van der Waals surface area contributed by atoms with Crippen LogP contribution >= 0.6 is 0 Å². The molecule has 3 heteroatoms. The highest BCUT2D eigenvalue weighted by Crippen LogP contribution is 2.19. The highest BCUT2D eigenvalue weighted by Gasteiger charge is 2.05. The fourth-order valence-electron chi connectivity index (χ4n) is 1.88. The Bertz CT molecular complexity index is 519. The second-order valence-corrected chi connectivity index (χ2v) is 4.00. The first-order valence-corrected chi connectivity index (χ1v) is 5.72. The maximum Gasteiger partial charge on any atom is 0.0991 e. The lowest BCUT2D eigenvalue weighted by molar-refractivity contribution is 0.707. The van der Waals surface area contributed by atoms with Crippen molar-refractivity contribution in [1.82, 2.24) is 10.2 Å². The number of nitrogens with zero attached hydrogens (tertiary/aromatic N) is 2. The van der Waals surface area contributed by atoms with Gasteiger partial charge in [0.15, 0.2) is 0 Å². The number of rotatable bonds is 4. The van der Waals surface area contributed by atoms with Crippen molar-refractivity contribution in [2.45, 2.75) is 32.6 Å². The monoisotopic (exact) mass is 213 g/mol. The summed E-state index contributed by atoms with van der Waals surface area (Å²) >= 11 is 0. The van der Waals surface area contributed by atoms with Crippen molar-refractivity contribution in [3.63, 3.8) is 0 Å². The SMILES string of the molecule is CCCCCc1[nH]nc2ccc(C#N)cc12. The molecule has 0 saturated carbocycles. The Hall–Kier alpha value is -1.82. The van der Waals surface area contributed by atoms with Gasteiger partial charge in [-0.05, 0) is 31.0 Å². The van der Waals surface area contributed by atoms with Gasteiger partial charge in [-0.1, -0.05) is 19.8 Å². The van der Waals surface area contributed by atoms with Gasteiger partial charge in [-0.25, -0.2) is 0 Å². The summed E-state index contributed by atoms with van der Waals surface area (Å²) < 4.78 is 0. The number of aryl methyl sites for hydroxylation is 1. The van der Waals surface area contributed by atoms with Crippen LogP contribution in [-0.4, -0.2) is 10.2 Å². The van der Waals surface area contributed by atoms with Crippen molar-refractivity contribution in [3.05, 3.63) is 29.5 Å². The van der Waals surface area contributed by atoms with E-state index in [1.165, 1.54) is 19.3 Å². The molecule has 0 radical (unpaired) electrons. The minimum absolute atomic E-state index is 0.700. The maximum absolute atomic E-state index is 8.86. The number of H-pyrrole nitrogens is 1. The van der Waals surface area contributed by atoms with Gasteiger partial charge in [-0.2, -0.15) is 10.4 Å². The third-order valence-corrected chi connectivity index (χ3v) is 2.79. The Kier molecular flexibility index (Phi) is 3.21. The van der Waals surface area contributed by atoms with E-state index < -0.39 is 0 Å². The fourth-order valence-corrected chi connectivity index (χ4v) is 1.88. The number of unbranched alkanes of at least 4 members (excludes halogenated alkanes) is 2. The molecule has 0 spiro atoms. The largest absolute Gasteiger partial charge is 0.281 e. The predicted octanol–water partition coefficient (Wildman–Crippen LogP) is 3.17. The number of aromatic nitrogens is 2. The second kappa shape index (κ2) is 4.80. The predicted molar refractivity (Wildman–Crippen MR) is 64.0 cm³/mol. The number of hydrogen-bond donors (Lipinski definition) is 1. The van der Waals surface area contributed by atoms with E-state index in [9.17, 15) is 0 Å². The molecule has 0 aliphatic carbocycles. The molecule has 2 aromatic rings. The van der Waals surface area contributed by atoms with Crippen LogP contribution in [0.5, 0.6) is 0 Å². The first-order valence-electron chi connectivity index (χ1n) is 5.72. The van der Waals surface area contributed by atoms with E-state index in [0.717, 1.165) is 23.0 Å². The van der Waals surface area contributed by atoms with E-state index in [1.807, 2.05) is 12.1 Å². The molecule has 0 aliphatic heterocycles. The van der Waals surface area contributed by atoms with E-state index in [-0.39, 0.29) is 0 Å². The van der Waals surface area contributed by atoms with E-state index in [4.69, 9.17) is 5.26 Å². The average molecular weight is 213 g/mol. The number of nitrogens with one attached hydrogen (secondary N) is 1. The van der Waals surface area contributed by atoms with Crippen molar-refractivity contribution in [3.8, 4) is 6.07 Å². The standard InChI is InChI=1S/C13H15N3/c1-2-3-4-5-12-11-8-10(9-14)6-7-13(11)16-15-12/h6-8H,2-5H2,1H3,(H,15,16). The van der Waals surface area contributed by atoms with Gasteiger partial charge in [0, 0.05) is 11.1 Å². The zero-order valence-corrected chi connectivity index (χ0v) is 9.45. The number of hydrogen-bond acceptors (Lipinski definition) is 2. The molecule has 0 bridgehead atoms. The van der Waals surface area contributed by atoms with Gasteiger partial charge in [0.25, 0.3) is 0 Å². The van der Waals surface area contributed by atoms with Crippen LogP contribution in [0.15, 0.2) is 18.2 Å². The molecular formula is C13H15N3. The van der Waals surface area contributed by atoms with Crippen LogP contribution in [0.3, 0.4) is 0 Å². The van der Waals surface area contributed by atoms with Gasteiger partial charge in [0.05, 0.1) is 17.1 Å². The lowest BCUT2D eigenvalue weighted by Gasteiger charge is -1.97. The molecule has 0 unspecified atom stereocenters. The summed E-state index contributed by atoms with van der Waals surface area (Å²) in [4.78, 5) is 0. The average Bonchev–Trinajstić information content (AvgIpc) is 2.72. The van der Waals surface area contributed by atoms with E-state index in [1.54, 1.807) is 6.07 Å². The Morgan fingerprint density at radius 1 is 1.38 bits per heavy atom. The second-order valence-electron chi connectivity index (χ2n) is 4.00. The number of aromatic amines is 1. The fraction of sp³-hybridized carbons (Fsp3) is 0.385. The molecule has 0 amide bonds. The van der Waals surface area contributed by atoms with Crippen molar-refractivity contribution in [2.75, 3.05) is 0 Å². The topological polar surface area (TPSA) is 52.5 Å². The summed E-state index contributed by atoms with van der Waals surface area (Å²) in [6.45, 7) is 2.19. The first kappa shape index (κ1) is 10.7. The molecule has 1 aromatic carbocycles. The van der Waals surface area contributed by atoms with Crippen LogP contribution in [0.25, 0.3) is 10.9 Å².